The van der Waals surface area contributed by atoms with E-state index in [0.717, 1.165) is 13.8 Å². The van der Waals surface area contributed by atoms with E-state index in [1.807, 2.05) is 19.1 Å². The van der Waals surface area contributed by atoms with Crippen molar-refractivity contribution in [2.45, 2.75) is 120 Å². The predicted octanol–water partition coefficient (Wildman–Crippen LogP) is 4.64. The summed E-state index contributed by atoms with van der Waals surface area (Å²) < 4.78 is 85.1. The molecule has 2 saturated carbocycles. The lowest BCUT2D eigenvalue weighted by Gasteiger charge is -2.35. The summed E-state index contributed by atoms with van der Waals surface area (Å²) in [6.07, 6.45) is 5.59. The van der Waals surface area contributed by atoms with Gasteiger partial charge in [-0.3, -0.25) is 19.1 Å². The number of alkyl halides is 2. The summed E-state index contributed by atoms with van der Waals surface area (Å²) in [6, 6.07) is 2.58. The normalized spacial score (nSPS) is 28.0. The lowest BCUT2D eigenvalue weighted by atomic mass is 9.88. The summed E-state index contributed by atoms with van der Waals surface area (Å²) >= 11 is 0. The van der Waals surface area contributed by atoms with Crippen LogP contribution in [0.15, 0.2) is 36.5 Å². The molecule has 6 rings (SSSR count). The number of fused-ring (bicyclic) bond motifs is 3. The Labute approximate surface area is 354 Å². The zero-order valence-corrected chi connectivity index (χ0v) is 36.4. The molecule has 16 nitrogen and oxygen atoms in total. The SMILES string of the molecule is COCCOc1cnc(O[C@@H]2C[C@H]3C(=O)N[C@]4(C(=O)NS(=O)(=O)C5CC5)C[C@H]4/C=C\CC[C@@H](C)C[C@@H](C)[C@H](NC(=O)OC(C)(C)C(C)(F)F)C(=O)N3C2)c2ccc(OC)cc12. The summed E-state index contributed by atoms with van der Waals surface area (Å²) in [6.45, 7) is 6.85. The summed E-state index contributed by atoms with van der Waals surface area (Å²) in [7, 11) is -0.902. The number of aromatic nitrogens is 1. The third kappa shape index (κ3) is 10.3. The number of sulfonamides is 1. The van der Waals surface area contributed by atoms with Crippen LogP contribution in [-0.2, 0) is 33.9 Å². The molecule has 0 bridgehead atoms. The fourth-order valence-corrected chi connectivity index (χ4v) is 9.24. The van der Waals surface area contributed by atoms with Gasteiger partial charge in [-0.05, 0) is 82.4 Å². The van der Waals surface area contributed by atoms with E-state index >= 15 is 0 Å². The first-order valence-electron chi connectivity index (χ1n) is 20.7. The molecule has 336 valence electrons. The Balaban J connectivity index is 1.36. The number of methoxy groups -OCH3 is 2. The van der Waals surface area contributed by atoms with Gasteiger partial charge < -0.3 is 39.2 Å². The molecule has 2 aliphatic heterocycles. The number of carbonyl (C=O) groups is 4. The number of halogens is 2. The number of carbonyl (C=O) groups excluding carboxylic acids is 4. The second-order valence-corrected chi connectivity index (χ2v) is 19.3. The smallest absolute Gasteiger partial charge is 0.408 e. The van der Waals surface area contributed by atoms with Crippen LogP contribution in [0.1, 0.15) is 79.6 Å². The predicted molar refractivity (Wildman–Crippen MR) is 219 cm³/mol. The van der Waals surface area contributed by atoms with Gasteiger partial charge in [0.2, 0.25) is 27.7 Å². The van der Waals surface area contributed by atoms with Gasteiger partial charge in [-0.1, -0.05) is 26.0 Å². The molecule has 1 aromatic heterocycles. The fourth-order valence-electron chi connectivity index (χ4n) is 7.87. The lowest BCUT2D eigenvalue weighted by Crippen LogP contribution is -2.59. The molecule has 0 spiro atoms. The quantitative estimate of drug-likeness (QED) is 0.186. The minimum absolute atomic E-state index is 0.00917. The second kappa shape index (κ2) is 17.9. The monoisotopic (exact) mass is 877 g/mol. The summed E-state index contributed by atoms with van der Waals surface area (Å²) in [5, 5.41) is 5.83. The van der Waals surface area contributed by atoms with Crippen molar-refractivity contribution in [3.05, 3.63) is 36.5 Å². The lowest BCUT2D eigenvalue weighted by molar-refractivity contribution is -0.152. The molecule has 2 aromatic rings. The van der Waals surface area contributed by atoms with Crippen molar-refractivity contribution in [2.75, 3.05) is 34.0 Å². The molecule has 19 heteroatoms. The molecule has 3 fully saturated rings. The molecule has 4 aliphatic rings. The zero-order valence-electron chi connectivity index (χ0n) is 35.6. The summed E-state index contributed by atoms with van der Waals surface area (Å²) in [5.41, 5.74) is -3.85. The number of nitrogens with zero attached hydrogens (tertiary/aromatic N) is 2. The highest BCUT2D eigenvalue weighted by atomic mass is 32.2. The van der Waals surface area contributed by atoms with Gasteiger partial charge in [-0.15, -0.1) is 0 Å². The molecule has 3 N–H and O–H groups in total. The van der Waals surface area contributed by atoms with Gasteiger partial charge in [0, 0.05) is 37.1 Å². The zero-order chi connectivity index (χ0) is 44.5. The van der Waals surface area contributed by atoms with Crippen molar-refractivity contribution < 1.29 is 60.1 Å². The first-order valence-corrected chi connectivity index (χ1v) is 22.2. The minimum atomic E-state index is -3.98. The Kier molecular flexibility index (Phi) is 13.4. The van der Waals surface area contributed by atoms with Gasteiger partial charge in [0.1, 0.15) is 41.8 Å². The maximum absolute atomic E-state index is 14.9. The largest absolute Gasteiger partial charge is 0.497 e. The van der Waals surface area contributed by atoms with Gasteiger partial charge in [0.15, 0.2) is 5.60 Å². The highest BCUT2D eigenvalue weighted by Gasteiger charge is 2.62. The second-order valence-electron chi connectivity index (χ2n) is 17.3. The minimum Gasteiger partial charge on any atom is -0.497 e. The van der Waals surface area contributed by atoms with Gasteiger partial charge >= 0.3 is 6.09 Å². The fraction of sp³-hybridized carbons (Fsp3) is 0.643. The van der Waals surface area contributed by atoms with Crippen LogP contribution in [0.4, 0.5) is 13.6 Å². The number of hydrogen-bond donors (Lipinski definition) is 3. The van der Waals surface area contributed by atoms with Crippen LogP contribution in [0.3, 0.4) is 0 Å². The van der Waals surface area contributed by atoms with E-state index in [9.17, 15) is 36.4 Å². The molecule has 1 aromatic carbocycles. The van der Waals surface area contributed by atoms with Crippen molar-refractivity contribution in [3.63, 3.8) is 0 Å². The topological polar surface area (TPSA) is 201 Å². The number of pyridine rings is 1. The maximum Gasteiger partial charge on any atom is 0.408 e. The van der Waals surface area contributed by atoms with Crippen LogP contribution in [-0.4, -0.2) is 117 Å². The summed E-state index contributed by atoms with van der Waals surface area (Å²) in [4.78, 5) is 62.5. The van der Waals surface area contributed by atoms with E-state index in [0.29, 0.717) is 67.9 Å². The van der Waals surface area contributed by atoms with Gasteiger partial charge in [0.25, 0.3) is 11.8 Å². The van der Waals surface area contributed by atoms with E-state index in [1.54, 1.807) is 32.2 Å². The molecule has 61 heavy (non-hydrogen) atoms. The number of rotatable bonds is 13. The van der Waals surface area contributed by atoms with Crippen LogP contribution in [0.25, 0.3) is 10.8 Å². The molecule has 3 heterocycles. The molecular formula is C42H57F2N5O11S. The third-order valence-electron chi connectivity index (χ3n) is 12.1. The van der Waals surface area contributed by atoms with Crippen molar-refractivity contribution >= 4 is 44.6 Å². The van der Waals surface area contributed by atoms with Gasteiger partial charge in [0.05, 0.1) is 31.7 Å². The van der Waals surface area contributed by atoms with E-state index in [-0.39, 0.29) is 37.8 Å². The number of benzene rings is 1. The third-order valence-corrected chi connectivity index (χ3v) is 14.0. The Morgan fingerprint density at radius 2 is 1.79 bits per heavy atom. The molecule has 7 atom stereocenters. The first kappa shape index (κ1) is 45.7. The number of hydrogen-bond acceptors (Lipinski definition) is 12. The summed E-state index contributed by atoms with van der Waals surface area (Å²) in [5.74, 6) is -5.69. The van der Waals surface area contributed by atoms with Crippen LogP contribution < -0.4 is 29.6 Å². The Morgan fingerprint density at radius 1 is 1.05 bits per heavy atom. The molecule has 0 unspecified atom stereocenters. The number of amides is 4. The Bertz CT molecular complexity index is 2130. The first-order chi connectivity index (χ1) is 28.7. The van der Waals surface area contributed by atoms with Crippen LogP contribution in [0.2, 0.25) is 0 Å². The standard InChI is InChI=1S/C42H57F2N5O11S/c1-24-10-8-9-11-26-21-42(26,38(52)48-61(54,55)29-13-14-29)47-35(50)32-20-28(59-36-30-15-12-27(57-7)19-31(30)33(22-45-36)58-17-16-56-6)23-49(32)37(51)34(25(2)18-24)46-39(53)60-40(3,4)41(5,43)44/h9,11-12,15,19,22,24-26,28-29,32,34H,8,10,13-14,16-18,20-21,23H2,1-7H3,(H,46,53)(H,47,50)(H,48,52)/b11-9-/t24-,25-,26-,28-,32+,34+,42-/m1/s1. The molecule has 2 aliphatic carbocycles. The number of ether oxygens (including phenoxy) is 5. The Hall–Kier alpha value is -4.78. The van der Waals surface area contributed by atoms with Crippen molar-refractivity contribution in [1.29, 1.82) is 0 Å². The van der Waals surface area contributed by atoms with Gasteiger partial charge in [-0.25, -0.2) is 27.0 Å². The average molecular weight is 878 g/mol. The number of allylic oxidation sites excluding steroid dienone is 1. The highest BCUT2D eigenvalue weighted by Crippen LogP contribution is 2.46. The van der Waals surface area contributed by atoms with Crippen LogP contribution >= 0.6 is 0 Å². The van der Waals surface area contributed by atoms with E-state index in [1.165, 1.54) is 18.2 Å². The molecule has 1 saturated heterocycles. The highest BCUT2D eigenvalue weighted by molar-refractivity contribution is 7.91. The van der Waals surface area contributed by atoms with E-state index in [4.69, 9.17) is 23.7 Å². The average Bonchev–Trinajstić information content (AvgIpc) is 4.12. The van der Waals surface area contributed by atoms with E-state index in [2.05, 4.69) is 20.3 Å². The van der Waals surface area contributed by atoms with Gasteiger partial charge in [-0.2, -0.15) is 0 Å². The molecule has 4 amide bonds. The van der Waals surface area contributed by atoms with Crippen LogP contribution in [0.5, 0.6) is 17.4 Å². The van der Waals surface area contributed by atoms with Crippen molar-refractivity contribution in [1.82, 2.24) is 25.2 Å². The number of nitrogens with one attached hydrogen (secondary N) is 3. The Morgan fingerprint density at radius 3 is 2.46 bits per heavy atom. The molecular weight excluding hydrogens is 821 g/mol. The van der Waals surface area contributed by atoms with Crippen molar-refractivity contribution in [2.24, 2.45) is 17.8 Å². The number of alkyl carbamates (subject to hydrolysis) is 1. The van der Waals surface area contributed by atoms with Crippen LogP contribution in [0, 0.1) is 17.8 Å². The van der Waals surface area contributed by atoms with Crippen molar-refractivity contribution in [3.8, 4) is 17.4 Å². The van der Waals surface area contributed by atoms with E-state index < -0.39 is 86.2 Å². The maximum atomic E-state index is 14.9. The molecule has 0 radical (unpaired) electrons.